The quantitative estimate of drug-likeness (QED) is 0.868. The molecule has 0 radical (unpaired) electrons. The number of pyridine rings is 1. The lowest BCUT2D eigenvalue weighted by Gasteiger charge is -2.35. The predicted octanol–water partition coefficient (Wildman–Crippen LogP) is 2.87. The number of rotatable bonds is 3. The van der Waals surface area contributed by atoms with Gasteiger partial charge in [0.15, 0.2) is 0 Å². The molecule has 0 unspecified atom stereocenters. The second kappa shape index (κ2) is 6.91. The maximum absolute atomic E-state index is 5.54. The van der Waals surface area contributed by atoms with Crippen LogP contribution in [-0.4, -0.2) is 42.2 Å². The van der Waals surface area contributed by atoms with Crippen LogP contribution in [-0.2, 0) is 24.2 Å². The van der Waals surface area contributed by atoms with Gasteiger partial charge >= 0.3 is 0 Å². The van der Waals surface area contributed by atoms with Gasteiger partial charge in [0.1, 0.15) is 5.82 Å². The van der Waals surface area contributed by atoms with E-state index in [1.165, 1.54) is 16.8 Å². The zero-order chi connectivity index (χ0) is 16.4. The van der Waals surface area contributed by atoms with Crippen molar-refractivity contribution in [3.8, 4) is 0 Å². The summed E-state index contributed by atoms with van der Waals surface area (Å²) >= 11 is 0. The van der Waals surface area contributed by atoms with Gasteiger partial charge in [-0.15, -0.1) is 0 Å². The van der Waals surface area contributed by atoms with Gasteiger partial charge < -0.3 is 9.64 Å². The number of nitrogens with zero attached hydrogens (tertiary/aromatic N) is 3. The molecule has 1 atom stereocenters. The predicted molar refractivity (Wildman–Crippen MR) is 96.1 cm³/mol. The molecule has 2 aliphatic rings. The van der Waals surface area contributed by atoms with Gasteiger partial charge in [-0.05, 0) is 24.1 Å². The van der Waals surface area contributed by atoms with Crippen molar-refractivity contribution in [2.24, 2.45) is 0 Å². The monoisotopic (exact) mass is 323 g/mol. The van der Waals surface area contributed by atoms with Crippen LogP contribution in [0.4, 0.5) is 5.82 Å². The summed E-state index contributed by atoms with van der Waals surface area (Å²) < 4.78 is 5.54. The topological polar surface area (TPSA) is 28.6 Å². The van der Waals surface area contributed by atoms with Crippen molar-refractivity contribution in [1.82, 2.24) is 9.88 Å². The summed E-state index contributed by atoms with van der Waals surface area (Å²) in [5.74, 6) is 1.11. The SMILES string of the molecule is C[C@H]1COCCN1c1ccc2c(n1)CCN(Cc1ccccc1)C2. The lowest BCUT2D eigenvalue weighted by molar-refractivity contribution is 0.0985. The van der Waals surface area contributed by atoms with Crippen LogP contribution in [0.25, 0.3) is 0 Å². The average Bonchev–Trinajstić information content (AvgIpc) is 2.63. The zero-order valence-corrected chi connectivity index (χ0v) is 14.3. The maximum atomic E-state index is 5.54. The van der Waals surface area contributed by atoms with Gasteiger partial charge in [-0.25, -0.2) is 4.98 Å². The fraction of sp³-hybridized carbons (Fsp3) is 0.450. The van der Waals surface area contributed by atoms with Crippen molar-refractivity contribution in [2.45, 2.75) is 32.5 Å². The van der Waals surface area contributed by atoms with E-state index in [0.29, 0.717) is 6.04 Å². The third kappa shape index (κ3) is 3.30. The van der Waals surface area contributed by atoms with E-state index >= 15 is 0 Å². The van der Waals surface area contributed by atoms with Crippen LogP contribution in [0.1, 0.15) is 23.7 Å². The molecule has 1 saturated heterocycles. The number of hydrogen-bond donors (Lipinski definition) is 0. The van der Waals surface area contributed by atoms with Crippen molar-refractivity contribution in [1.29, 1.82) is 0 Å². The van der Waals surface area contributed by atoms with Crippen LogP contribution in [0.3, 0.4) is 0 Å². The Hall–Kier alpha value is -1.91. The normalized spacial score (nSPS) is 21.5. The highest BCUT2D eigenvalue weighted by Gasteiger charge is 2.23. The largest absolute Gasteiger partial charge is 0.377 e. The van der Waals surface area contributed by atoms with Gasteiger partial charge in [0.2, 0.25) is 0 Å². The highest BCUT2D eigenvalue weighted by molar-refractivity contribution is 5.44. The molecule has 0 saturated carbocycles. The van der Waals surface area contributed by atoms with Crippen LogP contribution >= 0.6 is 0 Å². The highest BCUT2D eigenvalue weighted by Crippen LogP contribution is 2.24. The fourth-order valence-corrected chi connectivity index (χ4v) is 3.67. The third-order valence-corrected chi connectivity index (χ3v) is 5.02. The Morgan fingerprint density at radius 3 is 2.83 bits per heavy atom. The van der Waals surface area contributed by atoms with Crippen LogP contribution in [0.5, 0.6) is 0 Å². The standard InChI is InChI=1S/C20H25N3O/c1-16-15-24-12-11-23(16)20-8-7-18-14-22(10-9-19(18)21-20)13-17-5-3-2-4-6-17/h2-8,16H,9-15H2,1H3/t16-/m0/s1. The summed E-state index contributed by atoms with van der Waals surface area (Å²) in [6.45, 7) is 7.84. The van der Waals surface area contributed by atoms with E-state index < -0.39 is 0 Å². The molecule has 4 heteroatoms. The Balaban J connectivity index is 1.47. The number of hydrogen-bond acceptors (Lipinski definition) is 4. The first-order valence-electron chi connectivity index (χ1n) is 8.89. The van der Waals surface area contributed by atoms with Crippen molar-refractivity contribution in [3.05, 3.63) is 59.3 Å². The smallest absolute Gasteiger partial charge is 0.129 e. The average molecular weight is 323 g/mol. The molecular weight excluding hydrogens is 298 g/mol. The first kappa shape index (κ1) is 15.6. The van der Waals surface area contributed by atoms with E-state index in [1.54, 1.807) is 0 Å². The minimum absolute atomic E-state index is 0.405. The number of fused-ring (bicyclic) bond motifs is 1. The van der Waals surface area contributed by atoms with E-state index in [0.717, 1.165) is 51.6 Å². The zero-order valence-electron chi connectivity index (χ0n) is 14.3. The lowest BCUT2D eigenvalue weighted by atomic mass is 10.0. The molecule has 2 aliphatic heterocycles. The second-order valence-electron chi connectivity index (χ2n) is 6.84. The molecule has 0 amide bonds. The lowest BCUT2D eigenvalue weighted by Crippen LogP contribution is -2.44. The fourth-order valence-electron chi connectivity index (χ4n) is 3.67. The summed E-state index contributed by atoms with van der Waals surface area (Å²) in [7, 11) is 0. The van der Waals surface area contributed by atoms with Gasteiger partial charge in [-0.2, -0.15) is 0 Å². The third-order valence-electron chi connectivity index (χ3n) is 5.02. The van der Waals surface area contributed by atoms with Crippen LogP contribution < -0.4 is 4.90 Å². The van der Waals surface area contributed by atoms with E-state index in [4.69, 9.17) is 9.72 Å². The molecule has 0 N–H and O–H groups in total. The molecule has 1 aromatic heterocycles. The van der Waals surface area contributed by atoms with Crippen molar-refractivity contribution in [3.63, 3.8) is 0 Å². The number of ether oxygens (including phenoxy) is 1. The number of morpholine rings is 1. The summed E-state index contributed by atoms with van der Waals surface area (Å²) in [5, 5.41) is 0. The number of aromatic nitrogens is 1. The summed E-state index contributed by atoms with van der Waals surface area (Å²) in [6.07, 6.45) is 1.04. The highest BCUT2D eigenvalue weighted by atomic mass is 16.5. The minimum Gasteiger partial charge on any atom is -0.377 e. The second-order valence-corrected chi connectivity index (χ2v) is 6.84. The molecule has 2 aromatic rings. The van der Waals surface area contributed by atoms with E-state index in [-0.39, 0.29) is 0 Å². The van der Waals surface area contributed by atoms with Gasteiger partial charge in [-0.1, -0.05) is 36.4 Å². The molecule has 126 valence electrons. The molecular formula is C20H25N3O. The summed E-state index contributed by atoms with van der Waals surface area (Å²) in [6, 6.07) is 15.6. The Kier molecular flexibility index (Phi) is 4.50. The number of benzene rings is 1. The molecule has 0 spiro atoms. The molecule has 3 heterocycles. The van der Waals surface area contributed by atoms with E-state index in [9.17, 15) is 0 Å². The molecule has 4 nitrogen and oxygen atoms in total. The van der Waals surface area contributed by atoms with E-state index in [1.807, 2.05) is 0 Å². The van der Waals surface area contributed by atoms with Crippen LogP contribution in [0, 0.1) is 0 Å². The molecule has 1 aromatic carbocycles. The minimum atomic E-state index is 0.405. The Bertz CT molecular complexity index is 689. The number of anilines is 1. The molecule has 0 aliphatic carbocycles. The first-order valence-corrected chi connectivity index (χ1v) is 8.89. The van der Waals surface area contributed by atoms with Crippen molar-refractivity contribution >= 4 is 5.82 Å². The molecule has 0 bridgehead atoms. The Morgan fingerprint density at radius 1 is 1.12 bits per heavy atom. The summed E-state index contributed by atoms with van der Waals surface area (Å²) in [5.41, 5.74) is 4.03. The van der Waals surface area contributed by atoms with Crippen molar-refractivity contribution in [2.75, 3.05) is 31.2 Å². The molecule has 4 rings (SSSR count). The van der Waals surface area contributed by atoms with Crippen LogP contribution in [0.15, 0.2) is 42.5 Å². The maximum Gasteiger partial charge on any atom is 0.129 e. The Morgan fingerprint density at radius 2 is 2.00 bits per heavy atom. The van der Waals surface area contributed by atoms with Gasteiger partial charge in [0.05, 0.1) is 19.3 Å². The van der Waals surface area contributed by atoms with Gasteiger partial charge in [-0.3, -0.25) is 4.90 Å². The Labute approximate surface area is 144 Å². The molecule has 1 fully saturated rings. The molecule has 24 heavy (non-hydrogen) atoms. The van der Waals surface area contributed by atoms with Gasteiger partial charge in [0, 0.05) is 38.3 Å². The summed E-state index contributed by atoms with van der Waals surface area (Å²) in [4.78, 5) is 9.86. The van der Waals surface area contributed by atoms with Crippen LogP contribution in [0.2, 0.25) is 0 Å². The van der Waals surface area contributed by atoms with Gasteiger partial charge in [0.25, 0.3) is 0 Å². The van der Waals surface area contributed by atoms with E-state index in [2.05, 4.69) is 59.2 Å². The first-order chi connectivity index (χ1) is 11.8. The van der Waals surface area contributed by atoms with Crippen molar-refractivity contribution < 1.29 is 4.74 Å².